The minimum Gasteiger partial charge on any atom is -0.322 e. The first-order chi connectivity index (χ1) is 13.3. The fraction of sp³-hybridized carbons (Fsp3) is 0.300. The Morgan fingerprint density at radius 1 is 1.00 bits per heavy atom. The van der Waals surface area contributed by atoms with Crippen molar-refractivity contribution in [1.82, 2.24) is 9.80 Å². The van der Waals surface area contributed by atoms with Crippen molar-refractivity contribution in [3.8, 4) is 6.07 Å². The molecule has 0 saturated carbocycles. The second-order valence-corrected chi connectivity index (χ2v) is 6.58. The molecule has 0 aromatic heterocycles. The van der Waals surface area contributed by atoms with Gasteiger partial charge >= 0.3 is 12.2 Å². The molecule has 0 bridgehead atoms. The zero-order valence-corrected chi connectivity index (χ0v) is 15.0. The van der Waals surface area contributed by atoms with Gasteiger partial charge in [0, 0.05) is 38.4 Å². The van der Waals surface area contributed by atoms with Crippen molar-refractivity contribution in [2.24, 2.45) is 0 Å². The number of hydrogen-bond donors (Lipinski definition) is 1. The summed E-state index contributed by atoms with van der Waals surface area (Å²) in [6, 6.07) is 13.6. The van der Waals surface area contributed by atoms with E-state index in [2.05, 4.69) is 10.2 Å². The van der Waals surface area contributed by atoms with Crippen molar-refractivity contribution in [2.45, 2.75) is 12.7 Å². The van der Waals surface area contributed by atoms with Crippen LogP contribution in [0.15, 0.2) is 48.5 Å². The van der Waals surface area contributed by atoms with Gasteiger partial charge in [0.1, 0.15) is 0 Å². The number of urea groups is 1. The molecule has 3 rings (SSSR count). The number of anilines is 1. The first-order valence-electron chi connectivity index (χ1n) is 8.80. The van der Waals surface area contributed by atoms with Crippen molar-refractivity contribution in [3.05, 3.63) is 65.2 Å². The standard InChI is InChI=1S/C20H19F3N4O/c21-20(22,23)17-5-1-16(2-6-17)14-26-9-11-27(12-10-26)19(28)25-18-7-3-15(13-24)4-8-18/h1-8H,9-12,14H2,(H,25,28). The second kappa shape index (κ2) is 8.31. The fourth-order valence-corrected chi connectivity index (χ4v) is 3.00. The van der Waals surface area contributed by atoms with Crippen LogP contribution in [-0.4, -0.2) is 42.0 Å². The van der Waals surface area contributed by atoms with E-state index in [4.69, 9.17) is 5.26 Å². The van der Waals surface area contributed by atoms with Crippen molar-refractivity contribution >= 4 is 11.7 Å². The summed E-state index contributed by atoms with van der Waals surface area (Å²) in [5.41, 5.74) is 1.30. The van der Waals surface area contributed by atoms with E-state index >= 15 is 0 Å². The van der Waals surface area contributed by atoms with E-state index in [0.717, 1.165) is 17.7 Å². The van der Waals surface area contributed by atoms with E-state index < -0.39 is 11.7 Å². The Hall–Kier alpha value is -3.05. The zero-order valence-electron chi connectivity index (χ0n) is 15.0. The number of carbonyl (C=O) groups excluding carboxylic acids is 1. The van der Waals surface area contributed by atoms with Gasteiger partial charge in [-0.2, -0.15) is 18.4 Å². The van der Waals surface area contributed by atoms with Gasteiger partial charge in [0.15, 0.2) is 0 Å². The SMILES string of the molecule is N#Cc1ccc(NC(=O)N2CCN(Cc3ccc(C(F)(F)F)cc3)CC2)cc1. The largest absolute Gasteiger partial charge is 0.416 e. The summed E-state index contributed by atoms with van der Waals surface area (Å²) < 4.78 is 37.9. The first-order valence-corrected chi connectivity index (χ1v) is 8.80. The monoisotopic (exact) mass is 388 g/mol. The number of halogens is 3. The Kier molecular flexibility index (Phi) is 5.85. The third-order valence-corrected chi connectivity index (χ3v) is 4.61. The Morgan fingerprint density at radius 2 is 1.61 bits per heavy atom. The van der Waals surface area contributed by atoms with Crippen molar-refractivity contribution < 1.29 is 18.0 Å². The highest BCUT2D eigenvalue weighted by Gasteiger charge is 2.30. The minimum absolute atomic E-state index is 0.209. The summed E-state index contributed by atoms with van der Waals surface area (Å²) >= 11 is 0. The number of benzene rings is 2. The van der Waals surface area contributed by atoms with Gasteiger partial charge in [-0.15, -0.1) is 0 Å². The molecule has 1 aliphatic heterocycles. The summed E-state index contributed by atoms with van der Waals surface area (Å²) in [6.07, 6.45) is -4.33. The van der Waals surface area contributed by atoms with Gasteiger partial charge < -0.3 is 10.2 Å². The molecule has 28 heavy (non-hydrogen) atoms. The lowest BCUT2D eigenvalue weighted by molar-refractivity contribution is -0.137. The molecule has 1 saturated heterocycles. The van der Waals surface area contributed by atoms with Crippen LogP contribution in [0.5, 0.6) is 0 Å². The van der Waals surface area contributed by atoms with Gasteiger partial charge in [0.25, 0.3) is 0 Å². The van der Waals surface area contributed by atoms with Crippen LogP contribution < -0.4 is 5.32 Å². The minimum atomic E-state index is -4.33. The van der Waals surface area contributed by atoms with Crippen molar-refractivity contribution in [2.75, 3.05) is 31.5 Å². The number of nitriles is 1. The summed E-state index contributed by atoms with van der Waals surface area (Å²) in [7, 11) is 0. The number of amides is 2. The molecule has 1 aliphatic rings. The number of nitrogens with zero attached hydrogens (tertiary/aromatic N) is 3. The van der Waals surface area contributed by atoms with Crippen LogP contribution in [0.4, 0.5) is 23.7 Å². The molecule has 2 aromatic rings. The summed E-state index contributed by atoms with van der Waals surface area (Å²) in [5.74, 6) is 0. The third-order valence-electron chi connectivity index (χ3n) is 4.61. The Labute approximate surface area is 161 Å². The van der Waals surface area contributed by atoms with E-state index in [-0.39, 0.29) is 6.03 Å². The van der Waals surface area contributed by atoms with Crippen LogP contribution >= 0.6 is 0 Å². The average molecular weight is 388 g/mol. The maximum atomic E-state index is 12.6. The number of carbonyl (C=O) groups is 1. The van der Waals surface area contributed by atoms with Crippen LogP contribution in [-0.2, 0) is 12.7 Å². The lowest BCUT2D eigenvalue weighted by atomic mass is 10.1. The van der Waals surface area contributed by atoms with E-state index in [1.54, 1.807) is 29.2 Å². The van der Waals surface area contributed by atoms with Crippen LogP contribution in [0.2, 0.25) is 0 Å². The number of piperazine rings is 1. The van der Waals surface area contributed by atoms with Crippen LogP contribution in [0.3, 0.4) is 0 Å². The Morgan fingerprint density at radius 3 is 2.14 bits per heavy atom. The van der Waals surface area contributed by atoms with Gasteiger partial charge in [-0.1, -0.05) is 12.1 Å². The fourth-order valence-electron chi connectivity index (χ4n) is 3.00. The molecule has 0 aliphatic carbocycles. The smallest absolute Gasteiger partial charge is 0.322 e. The van der Waals surface area contributed by atoms with Gasteiger partial charge in [0.2, 0.25) is 0 Å². The number of nitrogens with one attached hydrogen (secondary N) is 1. The normalized spacial score (nSPS) is 15.1. The summed E-state index contributed by atoms with van der Waals surface area (Å²) in [6.45, 7) is 2.89. The molecule has 1 N–H and O–H groups in total. The van der Waals surface area contributed by atoms with Crippen molar-refractivity contribution in [3.63, 3.8) is 0 Å². The second-order valence-electron chi connectivity index (χ2n) is 6.58. The molecule has 5 nitrogen and oxygen atoms in total. The zero-order chi connectivity index (χ0) is 20.1. The Bertz CT molecular complexity index is 849. The molecule has 146 valence electrons. The molecule has 2 amide bonds. The van der Waals surface area contributed by atoms with Crippen LogP contribution in [0, 0.1) is 11.3 Å². The molecule has 2 aromatic carbocycles. The summed E-state index contributed by atoms with van der Waals surface area (Å²) in [5, 5.41) is 11.6. The van der Waals surface area contributed by atoms with Crippen LogP contribution in [0.1, 0.15) is 16.7 Å². The number of hydrogen-bond acceptors (Lipinski definition) is 3. The van der Waals surface area contributed by atoms with E-state index in [1.165, 1.54) is 12.1 Å². The molecular weight excluding hydrogens is 369 g/mol. The molecule has 0 unspecified atom stereocenters. The lowest BCUT2D eigenvalue weighted by Crippen LogP contribution is -2.49. The Balaban J connectivity index is 1.48. The third kappa shape index (κ3) is 5.02. The molecule has 0 atom stereocenters. The van der Waals surface area contributed by atoms with Crippen molar-refractivity contribution in [1.29, 1.82) is 5.26 Å². The number of rotatable bonds is 3. The predicted molar refractivity (Wildman–Crippen MR) is 98.5 cm³/mol. The highest BCUT2D eigenvalue weighted by Crippen LogP contribution is 2.29. The molecule has 8 heteroatoms. The molecule has 1 fully saturated rings. The number of alkyl halides is 3. The quantitative estimate of drug-likeness (QED) is 0.867. The highest BCUT2D eigenvalue weighted by molar-refractivity contribution is 5.89. The molecule has 0 spiro atoms. The van der Waals surface area contributed by atoms with Gasteiger partial charge in [-0.25, -0.2) is 4.79 Å². The maximum absolute atomic E-state index is 12.6. The maximum Gasteiger partial charge on any atom is 0.416 e. The van der Waals surface area contributed by atoms with E-state index in [0.29, 0.717) is 44.0 Å². The molecule has 1 heterocycles. The van der Waals surface area contributed by atoms with Gasteiger partial charge in [-0.3, -0.25) is 4.90 Å². The first kappa shape index (κ1) is 19.7. The summed E-state index contributed by atoms with van der Waals surface area (Å²) in [4.78, 5) is 16.1. The van der Waals surface area contributed by atoms with E-state index in [9.17, 15) is 18.0 Å². The molecular formula is C20H19F3N4O. The average Bonchev–Trinajstić information content (AvgIpc) is 2.69. The van der Waals surface area contributed by atoms with Gasteiger partial charge in [-0.05, 0) is 42.0 Å². The van der Waals surface area contributed by atoms with Gasteiger partial charge in [0.05, 0.1) is 17.2 Å². The topological polar surface area (TPSA) is 59.4 Å². The van der Waals surface area contributed by atoms with E-state index in [1.807, 2.05) is 6.07 Å². The lowest BCUT2D eigenvalue weighted by Gasteiger charge is -2.34. The highest BCUT2D eigenvalue weighted by atomic mass is 19.4. The van der Waals surface area contributed by atoms with Crippen LogP contribution in [0.25, 0.3) is 0 Å². The predicted octanol–water partition coefficient (Wildman–Crippen LogP) is 3.93. The molecule has 0 radical (unpaired) electrons.